The Hall–Kier alpha value is -1.69. The second kappa shape index (κ2) is 7.05. The van der Waals surface area contributed by atoms with Crippen LogP contribution in [0.25, 0.3) is 5.57 Å². The van der Waals surface area contributed by atoms with Crippen LogP contribution in [-0.4, -0.2) is 26.0 Å². The Kier molecular flexibility index (Phi) is 5.34. The van der Waals surface area contributed by atoms with Gasteiger partial charge in [0.2, 0.25) is 0 Å². The fraction of sp³-hybridized carbons (Fsp3) is 0.143. The Balaban J connectivity index is 2.35. The van der Waals surface area contributed by atoms with Crippen molar-refractivity contribution in [2.45, 2.75) is 4.90 Å². The highest BCUT2D eigenvalue weighted by molar-refractivity contribution is 8.18. The van der Waals surface area contributed by atoms with E-state index in [4.69, 9.17) is 0 Å². The van der Waals surface area contributed by atoms with Gasteiger partial charge in [-0.15, -0.1) is 11.8 Å². The number of oxime groups is 1. The molecule has 0 unspecified atom stereocenters. The Morgan fingerprint density at radius 1 is 1.36 bits per heavy atom. The molecule has 0 radical (unpaired) electrons. The van der Waals surface area contributed by atoms with Gasteiger partial charge in [0.05, 0.1) is 11.8 Å². The van der Waals surface area contributed by atoms with Crippen molar-refractivity contribution in [1.82, 2.24) is 0 Å². The number of benzene rings is 1. The number of hydrogen-bond donors (Lipinski definition) is 0. The van der Waals surface area contributed by atoms with Gasteiger partial charge in [-0.25, -0.2) is 0 Å². The number of nitrogens with zero attached hydrogens (tertiary/aromatic N) is 2. The van der Waals surface area contributed by atoms with Crippen LogP contribution in [0.4, 0.5) is 0 Å². The third-order valence-electron chi connectivity index (χ3n) is 2.59. The Bertz CT molecular complexity index is 818. The van der Waals surface area contributed by atoms with Crippen LogP contribution in [0.15, 0.2) is 51.4 Å². The van der Waals surface area contributed by atoms with Crippen LogP contribution in [0.3, 0.4) is 0 Å². The first kappa shape index (κ1) is 16.7. The zero-order valence-electron chi connectivity index (χ0n) is 11.8. The summed E-state index contributed by atoms with van der Waals surface area (Å²) < 4.78 is 26.3. The van der Waals surface area contributed by atoms with E-state index in [1.165, 1.54) is 11.8 Å². The summed E-state index contributed by atoms with van der Waals surface area (Å²) >= 11 is 2.75. The molecule has 5 nitrogen and oxygen atoms in total. The minimum atomic E-state index is -3.64. The lowest BCUT2D eigenvalue weighted by Gasteiger charge is -2.07. The quantitative estimate of drug-likeness (QED) is 0.470. The van der Waals surface area contributed by atoms with Gasteiger partial charge in [-0.1, -0.05) is 35.1 Å². The maximum absolute atomic E-state index is 10.9. The molecule has 114 valence electrons. The fourth-order valence-electron chi connectivity index (χ4n) is 1.71. The molecule has 8 heteroatoms. The van der Waals surface area contributed by atoms with Gasteiger partial charge in [-0.05, 0) is 24.5 Å². The second-order valence-electron chi connectivity index (χ2n) is 4.19. The van der Waals surface area contributed by atoms with Crippen LogP contribution in [0.2, 0.25) is 0 Å². The van der Waals surface area contributed by atoms with Crippen molar-refractivity contribution >= 4 is 44.3 Å². The Morgan fingerprint density at radius 2 is 2.09 bits per heavy atom. The molecule has 1 aliphatic heterocycles. The number of hydrogen-bond acceptors (Lipinski definition) is 7. The van der Waals surface area contributed by atoms with Gasteiger partial charge in [0.25, 0.3) is 0 Å². The zero-order valence-corrected chi connectivity index (χ0v) is 14.3. The first-order valence-corrected chi connectivity index (χ1v) is 9.90. The van der Waals surface area contributed by atoms with E-state index in [-0.39, 0.29) is 0 Å². The first-order valence-electron chi connectivity index (χ1n) is 6.05. The molecule has 0 atom stereocenters. The highest BCUT2D eigenvalue weighted by atomic mass is 32.2. The predicted octanol–water partition coefficient (Wildman–Crippen LogP) is 3.24. The lowest BCUT2D eigenvalue weighted by atomic mass is 10.1. The second-order valence-corrected chi connectivity index (χ2v) is 7.66. The molecule has 1 aliphatic rings. The number of thioether (sulfide) groups is 2. The average Bonchev–Trinajstić information content (AvgIpc) is 2.94. The molecule has 0 N–H and O–H groups in total. The van der Waals surface area contributed by atoms with Gasteiger partial charge in [-0.3, -0.25) is 4.28 Å². The summed E-state index contributed by atoms with van der Waals surface area (Å²) in [6.45, 7) is 0. The monoisotopic (exact) mass is 352 g/mol. The zero-order chi connectivity index (χ0) is 16.2. The van der Waals surface area contributed by atoms with E-state index in [2.05, 4.69) is 15.5 Å². The van der Waals surface area contributed by atoms with E-state index in [1.807, 2.05) is 30.5 Å². The minimum absolute atomic E-state index is 0.384. The number of rotatable bonds is 4. The van der Waals surface area contributed by atoms with Crippen molar-refractivity contribution in [2.75, 3.05) is 12.5 Å². The van der Waals surface area contributed by atoms with Crippen molar-refractivity contribution < 1.29 is 12.7 Å². The normalized spacial score (nSPS) is 18.3. The van der Waals surface area contributed by atoms with Gasteiger partial charge in [-0.2, -0.15) is 13.7 Å². The maximum atomic E-state index is 10.9. The highest BCUT2D eigenvalue weighted by Gasteiger charge is 2.18. The molecule has 22 heavy (non-hydrogen) atoms. The van der Waals surface area contributed by atoms with E-state index in [9.17, 15) is 13.7 Å². The Labute approximate surface area is 137 Å². The van der Waals surface area contributed by atoms with Crippen LogP contribution >= 0.6 is 23.5 Å². The van der Waals surface area contributed by atoms with Crippen molar-refractivity contribution in [3.63, 3.8) is 0 Å². The van der Waals surface area contributed by atoms with Crippen molar-refractivity contribution in [3.8, 4) is 6.07 Å². The van der Waals surface area contributed by atoms with Gasteiger partial charge < -0.3 is 0 Å². The highest BCUT2D eigenvalue weighted by Crippen LogP contribution is 2.36. The van der Waals surface area contributed by atoms with E-state index < -0.39 is 10.1 Å². The predicted molar refractivity (Wildman–Crippen MR) is 90.9 cm³/mol. The lowest BCUT2D eigenvalue weighted by molar-refractivity contribution is 0.345. The van der Waals surface area contributed by atoms with Crippen LogP contribution in [0.5, 0.6) is 0 Å². The molecule has 0 saturated heterocycles. The van der Waals surface area contributed by atoms with Crippen LogP contribution in [0, 0.1) is 11.3 Å². The van der Waals surface area contributed by atoms with Crippen molar-refractivity contribution in [2.24, 2.45) is 5.16 Å². The molecule has 0 aromatic heterocycles. The van der Waals surface area contributed by atoms with Crippen LogP contribution < -0.4 is 0 Å². The molecule has 1 aromatic carbocycles. The molecule has 0 aliphatic carbocycles. The number of allylic oxidation sites excluding steroid dienone is 2. The molecule has 1 aromatic rings. The summed E-state index contributed by atoms with van der Waals surface area (Å²) in [4.78, 5) is 1.71. The fourth-order valence-corrected chi connectivity index (χ4v) is 3.41. The molecule has 0 fully saturated rings. The van der Waals surface area contributed by atoms with E-state index in [0.717, 1.165) is 16.7 Å². The molecule has 0 saturated carbocycles. The van der Waals surface area contributed by atoms with E-state index in [0.29, 0.717) is 15.5 Å². The lowest BCUT2D eigenvalue weighted by Crippen LogP contribution is -1.98. The SMILES string of the molecule is CSc1ccccc1C(C#N)=C1C=CC(=NOS(C)(=O)=O)S1. The smallest absolute Gasteiger partial charge is 0.268 e. The average molecular weight is 352 g/mol. The standard InChI is InChI=1S/C14H12N2O3S3/c1-20-12-6-4-3-5-10(12)11(9-15)13-7-8-14(21-13)16-19-22(2,17)18/h3-8H,1-2H3. The molecule has 0 bridgehead atoms. The summed E-state index contributed by atoms with van der Waals surface area (Å²) in [5.74, 6) is 0. The molecular weight excluding hydrogens is 340 g/mol. The Morgan fingerprint density at radius 3 is 2.73 bits per heavy atom. The molecule has 0 spiro atoms. The summed E-state index contributed by atoms with van der Waals surface area (Å²) in [5.41, 5.74) is 1.37. The van der Waals surface area contributed by atoms with Gasteiger partial charge in [0.1, 0.15) is 11.1 Å². The van der Waals surface area contributed by atoms with Crippen LogP contribution in [0.1, 0.15) is 5.56 Å². The summed E-state index contributed by atoms with van der Waals surface area (Å²) in [7, 11) is -3.64. The van der Waals surface area contributed by atoms with E-state index >= 15 is 0 Å². The maximum Gasteiger partial charge on any atom is 0.325 e. The topological polar surface area (TPSA) is 79.5 Å². The molecular formula is C14H12N2O3S3. The first-order chi connectivity index (χ1) is 10.4. The van der Waals surface area contributed by atoms with Crippen molar-refractivity contribution in [3.05, 3.63) is 46.9 Å². The van der Waals surface area contributed by atoms with Crippen molar-refractivity contribution in [1.29, 1.82) is 5.26 Å². The molecule has 1 heterocycles. The largest absolute Gasteiger partial charge is 0.325 e. The van der Waals surface area contributed by atoms with Gasteiger partial charge >= 0.3 is 10.1 Å². The third-order valence-corrected chi connectivity index (χ3v) is 4.71. The van der Waals surface area contributed by atoms with Crippen LogP contribution in [-0.2, 0) is 14.4 Å². The number of nitriles is 1. The molecule has 0 amide bonds. The third kappa shape index (κ3) is 4.16. The minimum Gasteiger partial charge on any atom is -0.268 e. The van der Waals surface area contributed by atoms with Gasteiger partial charge in [0.15, 0.2) is 0 Å². The molecule has 2 rings (SSSR count). The van der Waals surface area contributed by atoms with Gasteiger partial charge in [0, 0.05) is 15.4 Å². The summed E-state index contributed by atoms with van der Waals surface area (Å²) in [6.07, 6.45) is 6.21. The summed E-state index contributed by atoms with van der Waals surface area (Å²) in [6, 6.07) is 9.83. The summed E-state index contributed by atoms with van der Waals surface area (Å²) in [5, 5.41) is 13.4. The van der Waals surface area contributed by atoms with E-state index in [1.54, 1.807) is 23.9 Å².